The highest BCUT2D eigenvalue weighted by Gasteiger charge is 2.23. The molecule has 0 bridgehead atoms. The molecule has 0 atom stereocenters. The molecule has 0 spiro atoms. The van der Waals surface area contributed by atoms with Gasteiger partial charge in [-0.3, -0.25) is 4.79 Å². The Bertz CT molecular complexity index is 1010. The zero-order chi connectivity index (χ0) is 23.7. The van der Waals surface area contributed by atoms with Crippen LogP contribution in [-0.2, 0) is 22.7 Å². The van der Waals surface area contributed by atoms with Crippen molar-refractivity contribution >= 4 is 5.97 Å². The highest BCUT2D eigenvalue weighted by atomic mass is 16.5. The van der Waals surface area contributed by atoms with Crippen LogP contribution in [0.15, 0.2) is 48.5 Å². The van der Waals surface area contributed by atoms with Crippen LogP contribution in [0.1, 0.15) is 45.6 Å². The first-order chi connectivity index (χ1) is 15.8. The summed E-state index contributed by atoms with van der Waals surface area (Å²) in [4.78, 5) is 13.6. The van der Waals surface area contributed by atoms with Gasteiger partial charge in [-0.25, -0.2) is 0 Å². The fourth-order valence-electron chi connectivity index (χ4n) is 2.93. The van der Waals surface area contributed by atoms with E-state index in [1.54, 1.807) is 24.0 Å². The van der Waals surface area contributed by atoms with Crippen molar-refractivity contribution in [2.75, 3.05) is 13.7 Å². The number of hydrogen-bond donors (Lipinski definition) is 0. The van der Waals surface area contributed by atoms with Crippen LogP contribution in [0.4, 0.5) is 0 Å². The van der Waals surface area contributed by atoms with Gasteiger partial charge in [0.05, 0.1) is 25.7 Å². The minimum Gasteiger partial charge on any atom is -0.497 e. The average molecular weight is 453 g/mol. The maximum Gasteiger partial charge on any atom is 0.316 e. The second kappa shape index (κ2) is 11.6. The maximum atomic E-state index is 12.0. The van der Waals surface area contributed by atoms with E-state index in [1.807, 2.05) is 57.2 Å². The summed E-state index contributed by atoms with van der Waals surface area (Å²) in [5, 5.41) is 12.7. The van der Waals surface area contributed by atoms with Gasteiger partial charge in [0, 0.05) is 12.2 Å². The van der Waals surface area contributed by atoms with E-state index in [0.717, 1.165) is 36.1 Å². The number of hydrogen-bond acceptors (Lipinski definition) is 7. The largest absolute Gasteiger partial charge is 0.497 e. The van der Waals surface area contributed by atoms with Crippen molar-refractivity contribution in [3.63, 3.8) is 0 Å². The van der Waals surface area contributed by atoms with E-state index in [-0.39, 0.29) is 5.97 Å². The number of aromatic nitrogens is 4. The predicted octanol–water partition coefficient (Wildman–Crippen LogP) is 4.69. The number of ether oxygens (including phenoxy) is 3. The molecule has 0 saturated carbocycles. The van der Waals surface area contributed by atoms with Crippen molar-refractivity contribution < 1.29 is 19.0 Å². The third-order valence-electron chi connectivity index (χ3n) is 4.96. The van der Waals surface area contributed by atoms with Gasteiger partial charge in [0.25, 0.3) is 0 Å². The topological polar surface area (TPSA) is 88.4 Å². The average Bonchev–Trinajstić information content (AvgIpc) is 3.27. The summed E-state index contributed by atoms with van der Waals surface area (Å²) in [7, 11) is 1.66. The van der Waals surface area contributed by atoms with Gasteiger partial charge in [0.2, 0.25) is 5.82 Å². The normalized spacial score (nSPS) is 11.4. The van der Waals surface area contributed by atoms with Crippen LogP contribution in [0.2, 0.25) is 0 Å². The number of carbonyl (C=O) groups is 1. The molecule has 0 aliphatic heterocycles. The Hall–Kier alpha value is -3.26. The first-order valence-electron chi connectivity index (χ1n) is 11.2. The Kier molecular flexibility index (Phi) is 8.54. The summed E-state index contributed by atoms with van der Waals surface area (Å²) >= 11 is 0. The molecule has 0 radical (unpaired) electrons. The molecule has 0 N–H and O–H groups in total. The number of tetrazole rings is 1. The van der Waals surface area contributed by atoms with Gasteiger partial charge < -0.3 is 14.2 Å². The van der Waals surface area contributed by atoms with Crippen molar-refractivity contribution in [3.05, 3.63) is 54.1 Å². The highest BCUT2D eigenvalue weighted by Crippen LogP contribution is 2.22. The number of nitrogens with zero attached hydrogens (tertiary/aromatic N) is 4. The van der Waals surface area contributed by atoms with Crippen LogP contribution in [0.25, 0.3) is 11.4 Å². The van der Waals surface area contributed by atoms with Gasteiger partial charge in [-0.05, 0) is 87.2 Å². The number of methoxy groups -OCH3 is 1. The maximum absolute atomic E-state index is 12.0. The van der Waals surface area contributed by atoms with Crippen LogP contribution in [0, 0.1) is 5.41 Å². The Balaban J connectivity index is 1.35. The Morgan fingerprint density at radius 2 is 1.64 bits per heavy atom. The first-order valence-corrected chi connectivity index (χ1v) is 11.2. The summed E-state index contributed by atoms with van der Waals surface area (Å²) in [5.74, 6) is 1.62. The summed E-state index contributed by atoms with van der Waals surface area (Å²) in [6, 6.07) is 15.0. The van der Waals surface area contributed by atoms with E-state index in [0.29, 0.717) is 31.3 Å². The van der Waals surface area contributed by atoms with Gasteiger partial charge in [0.15, 0.2) is 0 Å². The van der Waals surface area contributed by atoms with Crippen molar-refractivity contribution in [3.8, 4) is 22.9 Å². The van der Waals surface area contributed by atoms with Gasteiger partial charge >= 0.3 is 5.97 Å². The molecule has 0 unspecified atom stereocenters. The first kappa shape index (κ1) is 24.4. The standard InChI is InChI=1S/C25H32N4O4/c1-25(2,3)24(30)33-22-14-10-20(11-15-22)23-26-28-29(27-23)16-6-5-7-17-32-18-19-8-12-21(31-4)13-9-19/h8-15H,5-7,16-18H2,1-4H3. The van der Waals surface area contributed by atoms with Gasteiger partial charge in [0.1, 0.15) is 11.5 Å². The van der Waals surface area contributed by atoms with E-state index in [9.17, 15) is 4.79 Å². The van der Waals surface area contributed by atoms with E-state index < -0.39 is 5.41 Å². The smallest absolute Gasteiger partial charge is 0.316 e. The Labute approximate surface area is 194 Å². The lowest BCUT2D eigenvalue weighted by atomic mass is 9.97. The number of rotatable bonds is 11. The molecule has 3 aromatic rings. The lowest BCUT2D eigenvalue weighted by molar-refractivity contribution is -0.142. The van der Waals surface area contributed by atoms with Crippen molar-refractivity contribution in [2.24, 2.45) is 5.41 Å². The van der Waals surface area contributed by atoms with Crippen LogP contribution >= 0.6 is 0 Å². The molecule has 33 heavy (non-hydrogen) atoms. The number of carbonyl (C=O) groups excluding carboxylic acids is 1. The zero-order valence-corrected chi connectivity index (χ0v) is 19.8. The van der Waals surface area contributed by atoms with Gasteiger partial charge in [-0.1, -0.05) is 12.1 Å². The van der Waals surface area contributed by atoms with Gasteiger partial charge in [-0.2, -0.15) is 4.80 Å². The summed E-state index contributed by atoms with van der Waals surface area (Å²) in [5.41, 5.74) is 1.41. The molecule has 0 saturated heterocycles. The fourth-order valence-corrected chi connectivity index (χ4v) is 2.93. The van der Waals surface area contributed by atoms with Crippen LogP contribution in [-0.4, -0.2) is 39.9 Å². The molecule has 0 aliphatic carbocycles. The fraction of sp³-hybridized carbons (Fsp3) is 0.440. The molecular weight excluding hydrogens is 420 g/mol. The molecule has 8 heteroatoms. The summed E-state index contributed by atoms with van der Waals surface area (Å²) in [6.07, 6.45) is 2.95. The van der Waals surface area contributed by atoms with E-state index in [2.05, 4.69) is 15.4 Å². The zero-order valence-electron chi connectivity index (χ0n) is 19.8. The molecular formula is C25H32N4O4. The molecule has 0 aliphatic rings. The quantitative estimate of drug-likeness (QED) is 0.237. The Morgan fingerprint density at radius 1 is 0.939 bits per heavy atom. The van der Waals surface area contributed by atoms with Crippen molar-refractivity contribution in [2.45, 2.75) is 53.2 Å². The SMILES string of the molecule is COc1ccc(COCCCCCn2nnc(-c3ccc(OC(=O)C(C)(C)C)cc3)n2)cc1. The monoisotopic (exact) mass is 452 g/mol. The number of unbranched alkanes of at least 4 members (excludes halogenated alkanes) is 2. The second-order valence-electron chi connectivity index (χ2n) is 8.83. The minimum absolute atomic E-state index is 0.273. The highest BCUT2D eigenvalue weighted by molar-refractivity contribution is 5.78. The molecule has 1 aromatic heterocycles. The molecule has 1 heterocycles. The van der Waals surface area contributed by atoms with Gasteiger partial charge in [-0.15, -0.1) is 10.2 Å². The molecule has 176 valence electrons. The van der Waals surface area contributed by atoms with E-state index in [4.69, 9.17) is 14.2 Å². The lowest BCUT2D eigenvalue weighted by Gasteiger charge is -2.16. The lowest BCUT2D eigenvalue weighted by Crippen LogP contribution is -2.25. The van der Waals surface area contributed by atoms with Crippen molar-refractivity contribution in [1.82, 2.24) is 20.2 Å². The van der Waals surface area contributed by atoms with Crippen LogP contribution in [0.3, 0.4) is 0 Å². The third kappa shape index (κ3) is 7.68. The molecule has 0 fully saturated rings. The Morgan fingerprint density at radius 3 is 2.30 bits per heavy atom. The molecule has 0 amide bonds. The third-order valence-corrected chi connectivity index (χ3v) is 4.96. The molecule has 8 nitrogen and oxygen atoms in total. The van der Waals surface area contributed by atoms with E-state index >= 15 is 0 Å². The molecule has 2 aromatic carbocycles. The number of benzene rings is 2. The number of aryl methyl sites for hydroxylation is 1. The van der Waals surface area contributed by atoms with E-state index in [1.165, 1.54) is 0 Å². The summed E-state index contributed by atoms with van der Waals surface area (Å²) in [6.45, 7) is 7.48. The van der Waals surface area contributed by atoms with Crippen molar-refractivity contribution in [1.29, 1.82) is 0 Å². The van der Waals surface area contributed by atoms with Crippen LogP contribution in [0.5, 0.6) is 11.5 Å². The predicted molar refractivity (Wildman–Crippen MR) is 125 cm³/mol. The minimum atomic E-state index is -0.550. The van der Waals surface area contributed by atoms with Crippen LogP contribution < -0.4 is 9.47 Å². The second-order valence-corrected chi connectivity index (χ2v) is 8.83. The molecule has 3 rings (SSSR count). The number of esters is 1. The summed E-state index contributed by atoms with van der Waals surface area (Å²) < 4.78 is 16.3.